The Labute approximate surface area is 110 Å². The summed E-state index contributed by atoms with van der Waals surface area (Å²) in [6.07, 6.45) is 8.33. The molecule has 2 aliphatic rings. The highest BCUT2D eigenvalue weighted by Crippen LogP contribution is 2.32. The van der Waals surface area contributed by atoms with Crippen LogP contribution >= 0.6 is 0 Å². The molecule has 98 valence electrons. The minimum absolute atomic E-state index is 0.706. The Kier molecular flexibility index (Phi) is 3.84. The lowest BCUT2D eigenvalue weighted by molar-refractivity contribution is 0.368. The van der Waals surface area contributed by atoms with Gasteiger partial charge in [0.05, 0.1) is 0 Å². The molecule has 0 bridgehead atoms. The molecule has 1 fully saturated rings. The van der Waals surface area contributed by atoms with Crippen molar-refractivity contribution in [3.8, 4) is 0 Å². The maximum absolute atomic E-state index is 3.75. The highest BCUT2D eigenvalue weighted by molar-refractivity contribution is 5.57. The summed E-state index contributed by atoms with van der Waals surface area (Å²) < 4.78 is 0. The van der Waals surface area contributed by atoms with Gasteiger partial charge in [-0.3, -0.25) is 0 Å². The Morgan fingerprint density at radius 2 is 1.94 bits per heavy atom. The number of fused-ring (bicyclic) bond motifs is 1. The molecule has 0 amide bonds. The van der Waals surface area contributed by atoms with Crippen LogP contribution in [0.5, 0.6) is 0 Å². The van der Waals surface area contributed by atoms with Crippen LogP contribution in [0.25, 0.3) is 0 Å². The zero-order chi connectivity index (χ0) is 12.2. The SMILES string of the molecule is c1ccc2c(c1)NCC2CCNC1CCCCC1. The Hall–Kier alpha value is -1.02. The van der Waals surface area contributed by atoms with Crippen molar-refractivity contribution in [1.82, 2.24) is 5.32 Å². The first kappa shape index (κ1) is 12.0. The lowest BCUT2D eigenvalue weighted by Crippen LogP contribution is -2.32. The molecule has 3 rings (SSSR count). The second-order valence-corrected chi connectivity index (χ2v) is 5.74. The van der Waals surface area contributed by atoms with Crippen molar-refractivity contribution in [2.75, 3.05) is 18.4 Å². The molecular formula is C16H24N2. The average Bonchev–Trinajstić information content (AvgIpc) is 2.84. The smallest absolute Gasteiger partial charge is 0.0376 e. The van der Waals surface area contributed by atoms with E-state index in [-0.39, 0.29) is 0 Å². The van der Waals surface area contributed by atoms with Gasteiger partial charge in [0.1, 0.15) is 0 Å². The van der Waals surface area contributed by atoms with Crippen molar-refractivity contribution in [2.24, 2.45) is 0 Å². The van der Waals surface area contributed by atoms with Crippen LogP contribution in [0.4, 0.5) is 5.69 Å². The predicted molar refractivity (Wildman–Crippen MR) is 77.2 cm³/mol. The minimum Gasteiger partial charge on any atom is -0.384 e. The van der Waals surface area contributed by atoms with E-state index < -0.39 is 0 Å². The molecule has 18 heavy (non-hydrogen) atoms. The third-order valence-electron chi connectivity index (χ3n) is 4.47. The topological polar surface area (TPSA) is 24.1 Å². The number of rotatable bonds is 4. The summed E-state index contributed by atoms with van der Waals surface area (Å²) in [4.78, 5) is 0. The van der Waals surface area contributed by atoms with Gasteiger partial charge in [-0.25, -0.2) is 0 Å². The van der Waals surface area contributed by atoms with Crippen LogP contribution in [0.15, 0.2) is 24.3 Å². The van der Waals surface area contributed by atoms with E-state index in [1.165, 1.54) is 56.3 Å². The van der Waals surface area contributed by atoms with E-state index in [1.54, 1.807) is 0 Å². The van der Waals surface area contributed by atoms with E-state index >= 15 is 0 Å². The van der Waals surface area contributed by atoms with Crippen LogP contribution in [0, 0.1) is 0 Å². The quantitative estimate of drug-likeness (QED) is 0.847. The van der Waals surface area contributed by atoms with Gasteiger partial charge in [-0.05, 0) is 37.4 Å². The van der Waals surface area contributed by atoms with Crippen LogP contribution < -0.4 is 10.6 Å². The highest BCUT2D eigenvalue weighted by atomic mass is 14.9. The van der Waals surface area contributed by atoms with Gasteiger partial charge >= 0.3 is 0 Å². The molecule has 1 saturated carbocycles. The minimum atomic E-state index is 0.706. The van der Waals surface area contributed by atoms with E-state index in [0.29, 0.717) is 5.92 Å². The molecule has 1 aromatic carbocycles. The molecule has 1 heterocycles. The van der Waals surface area contributed by atoms with Gasteiger partial charge in [0.25, 0.3) is 0 Å². The summed E-state index contributed by atoms with van der Waals surface area (Å²) in [5.74, 6) is 0.706. The maximum Gasteiger partial charge on any atom is 0.0376 e. The van der Waals surface area contributed by atoms with Gasteiger partial charge in [0, 0.05) is 24.2 Å². The van der Waals surface area contributed by atoms with Crippen molar-refractivity contribution >= 4 is 5.69 Å². The molecular weight excluding hydrogens is 220 g/mol. The molecule has 2 N–H and O–H groups in total. The molecule has 1 aliphatic heterocycles. The first-order valence-corrected chi connectivity index (χ1v) is 7.49. The molecule has 0 saturated heterocycles. The third-order valence-corrected chi connectivity index (χ3v) is 4.47. The summed E-state index contributed by atoms with van der Waals surface area (Å²) in [6.45, 7) is 2.29. The van der Waals surface area contributed by atoms with E-state index in [9.17, 15) is 0 Å². The number of hydrogen-bond donors (Lipinski definition) is 2. The molecule has 0 spiro atoms. The van der Waals surface area contributed by atoms with Crippen molar-refractivity contribution in [3.05, 3.63) is 29.8 Å². The highest BCUT2D eigenvalue weighted by Gasteiger charge is 2.21. The molecule has 1 unspecified atom stereocenters. The van der Waals surface area contributed by atoms with E-state index in [0.717, 1.165) is 12.6 Å². The average molecular weight is 244 g/mol. The lowest BCUT2D eigenvalue weighted by Gasteiger charge is -2.23. The second-order valence-electron chi connectivity index (χ2n) is 5.74. The van der Waals surface area contributed by atoms with Crippen LogP contribution in [-0.4, -0.2) is 19.1 Å². The van der Waals surface area contributed by atoms with Crippen LogP contribution in [-0.2, 0) is 0 Å². The van der Waals surface area contributed by atoms with Crippen molar-refractivity contribution in [2.45, 2.75) is 50.5 Å². The lowest BCUT2D eigenvalue weighted by atomic mass is 9.94. The first-order valence-electron chi connectivity index (χ1n) is 7.49. The number of para-hydroxylation sites is 1. The van der Waals surface area contributed by atoms with Gasteiger partial charge in [0.15, 0.2) is 0 Å². The summed E-state index contributed by atoms with van der Waals surface area (Å²) in [5.41, 5.74) is 2.86. The molecule has 1 aliphatic carbocycles. The van der Waals surface area contributed by atoms with Crippen molar-refractivity contribution in [3.63, 3.8) is 0 Å². The van der Waals surface area contributed by atoms with Gasteiger partial charge in [-0.1, -0.05) is 37.5 Å². The first-order chi connectivity index (χ1) is 8.93. The second kappa shape index (κ2) is 5.75. The molecule has 2 heteroatoms. The van der Waals surface area contributed by atoms with Crippen LogP contribution in [0.3, 0.4) is 0 Å². The predicted octanol–water partition coefficient (Wildman–Crippen LogP) is 3.51. The van der Waals surface area contributed by atoms with Gasteiger partial charge in [-0.15, -0.1) is 0 Å². The summed E-state index contributed by atoms with van der Waals surface area (Å²) in [6, 6.07) is 9.55. The van der Waals surface area contributed by atoms with Gasteiger partial charge < -0.3 is 10.6 Å². The number of hydrogen-bond acceptors (Lipinski definition) is 2. The molecule has 0 aromatic heterocycles. The van der Waals surface area contributed by atoms with Crippen molar-refractivity contribution < 1.29 is 0 Å². The zero-order valence-corrected chi connectivity index (χ0v) is 11.1. The van der Waals surface area contributed by atoms with Crippen molar-refractivity contribution in [1.29, 1.82) is 0 Å². The van der Waals surface area contributed by atoms with Crippen LogP contribution in [0.1, 0.15) is 50.0 Å². The fourth-order valence-corrected chi connectivity index (χ4v) is 3.38. The van der Waals surface area contributed by atoms with Crippen LogP contribution in [0.2, 0.25) is 0 Å². The van der Waals surface area contributed by atoms with E-state index in [4.69, 9.17) is 0 Å². The summed E-state index contributed by atoms with van der Waals surface area (Å²) >= 11 is 0. The number of benzene rings is 1. The summed E-state index contributed by atoms with van der Waals surface area (Å²) in [5, 5.41) is 7.26. The Morgan fingerprint density at radius 3 is 2.83 bits per heavy atom. The maximum atomic E-state index is 3.75. The van der Waals surface area contributed by atoms with E-state index in [1.807, 2.05) is 0 Å². The zero-order valence-electron chi connectivity index (χ0n) is 11.1. The van der Waals surface area contributed by atoms with E-state index in [2.05, 4.69) is 34.9 Å². The Bertz CT molecular complexity index is 382. The molecule has 0 radical (unpaired) electrons. The van der Waals surface area contributed by atoms with Gasteiger partial charge in [0.2, 0.25) is 0 Å². The number of nitrogens with one attached hydrogen (secondary N) is 2. The fourth-order valence-electron chi connectivity index (χ4n) is 3.38. The summed E-state index contributed by atoms with van der Waals surface area (Å²) in [7, 11) is 0. The Balaban J connectivity index is 1.47. The number of anilines is 1. The molecule has 2 nitrogen and oxygen atoms in total. The standard InChI is InChI=1S/C16H24N2/c1-2-6-14(7-3-1)17-11-10-13-12-18-16-9-5-4-8-15(13)16/h4-5,8-9,13-14,17-18H,1-3,6-7,10-12H2. The Morgan fingerprint density at radius 1 is 1.11 bits per heavy atom. The fraction of sp³-hybridized carbons (Fsp3) is 0.625. The molecule has 1 aromatic rings. The third kappa shape index (κ3) is 2.69. The van der Waals surface area contributed by atoms with Gasteiger partial charge in [-0.2, -0.15) is 0 Å². The largest absolute Gasteiger partial charge is 0.384 e. The normalized spacial score (nSPS) is 23.7. The monoisotopic (exact) mass is 244 g/mol. The molecule has 1 atom stereocenters.